The Bertz CT molecular complexity index is 276. The van der Waals surface area contributed by atoms with Gasteiger partial charge in [-0.05, 0) is 39.2 Å². The molecule has 18 heavy (non-hydrogen) atoms. The van der Waals surface area contributed by atoms with Crippen LogP contribution in [-0.4, -0.2) is 49.1 Å². The maximum atomic E-state index is 11.4. The van der Waals surface area contributed by atoms with Crippen molar-refractivity contribution in [3.63, 3.8) is 0 Å². The number of carbonyl (C=O) groups excluding carboxylic acids is 1. The van der Waals surface area contributed by atoms with Gasteiger partial charge in [-0.15, -0.1) is 0 Å². The van der Waals surface area contributed by atoms with Gasteiger partial charge in [-0.1, -0.05) is 6.42 Å². The number of rotatable bonds is 4. The number of nitrogens with one attached hydrogen (secondary N) is 2. The van der Waals surface area contributed by atoms with Crippen molar-refractivity contribution in [1.82, 2.24) is 15.5 Å². The highest BCUT2D eigenvalue weighted by molar-refractivity contribution is 5.76. The number of hydrogen-bond acceptors (Lipinski definition) is 3. The third-order valence-electron chi connectivity index (χ3n) is 4.20. The van der Waals surface area contributed by atoms with E-state index in [1.807, 2.05) is 11.9 Å². The van der Waals surface area contributed by atoms with Crippen molar-refractivity contribution in [2.75, 3.05) is 20.1 Å². The van der Waals surface area contributed by atoms with Gasteiger partial charge in [0.2, 0.25) is 5.91 Å². The molecule has 3 unspecified atom stereocenters. The van der Waals surface area contributed by atoms with E-state index in [4.69, 9.17) is 0 Å². The summed E-state index contributed by atoms with van der Waals surface area (Å²) in [6.45, 7) is 4.31. The van der Waals surface area contributed by atoms with Crippen LogP contribution < -0.4 is 10.6 Å². The lowest BCUT2D eigenvalue weighted by Gasteiger charge is -2.34. The fourth-order valence-electron chi connectivity index (χ4n) is 3.17. The Hall–Kier alpha value is -0.610. The van der Waals surface area contributed by atoms with Gasteiger partial charge in [0.15, 0.2) is 0 Å². The van der Waals surface area contributed by atoms with E-state index < -0.39 is 0 Å². The molecule has 0 aromatic heterocycles. The summed E-state index contributed by atoms with van der Waals surface area (Å²) in [4.78, 5) is 13.3. The van der Waals surface area contributed by atoms with Crippen LogP contribution in [0.1, 0.15) is 45.4 Å². The Morgan fingerprint density at radius 2 is 2.28 bits per heavy atom. The normalized spacial score (nSPS) is 31.4. The average Bonchev–Trinajstić information content (AvgIpc) is 2.35. The zero-order chi connectivity index (χ0) is 13.0. The van der Waals surface area contributed by atoms with E-state index in [0.29, 0.717) is 24.5 Å². The number of likely N-dealkylation sites (tertiary alicyclic amines) is 1. The zero-order valence-electron chi connectivity index (χ0n) is 11.7. The summed E-state index contributed by atoms with van der Waals surface area (Å²) in [5.74, 6) is 0.287. The van der Waals surface area contributed by atoms with Gasteiger partial charge >= 0.3 is 0 Å². The first-order valence-electron chi connectivity index (χ1n) is 7.38. The molecule has 0 bridgehead atoms. The van der Waals surface area contributed by atoms with Gasteiger partial charge in [0.1, 0.15) is 0 Å². The van der Waals surface area contributed by atoms with Crippen LogP contribution in [0.4, 0.5) is 0 Å². The fourth-order valence-corrected chi connectivity index (χ4v) is 3.17. The lowest BCUT2D eigenvalue weighted by molar-refractivity contribution is -0.132. The number of hydrogen-bond donors (Lipinski definition) is 2. The van der Waals surface area contributed by atoms with Crippen LogP contribution in [0.15, 0.2) is 0 Å². The van der Waals surface area contributed by atoms with Gasteiger partial charge in [-0.25, -0.2) is 0 Å². The summed E-state index contributed by atoms with van der Waals surface area (Å²) in [5.41, 5.74) is 0. The molecule has 2 aliphatic heterocycles. The molecule has 2 N–H and O–H groups in total. The smallest absolute Gasteiger partial charge is 0.222 e. The minimum absolute atomic E-state index is 0.287. The Labute approximate surface area is 110 Å². The second-order valence-corrected chi connectivity index (χ2v) is 5.96. The number of nitrogens with zero attached hydrogens (tertiary/aromatic N) is 1. The van der Waals surface area contributed by atoms with Gasteiger partial charge < -0.3 is 15.5 Å². The maximum absolute atomic E-state index is 11.4. The second kappa shape index (κ2) is 6.53. The van der Waals surface area contributed by atoms with E-state index in [2.05, 4.69) is 17.6 Å². The van der Waals surface area contributed by atoms with Crippen molar-refractivity contribution in [3.05, 3.63) is 0 Å². The Balaban J connectivity index is 1.70. The molecule has 2 rings (SSSR count). The molecular weight excluding hydrogens is 226 g/mol. The van der Waals surface area contributed by atoms with Crippen molar-refractivity contribution in [1.29, 1.82) is 0 Å². The summed E-state index contributed by atoms with van der Waals surface area (Å²) in [6, 6.07) is 1.70. The van der Waals surface area contributed by atoms with Crippen LogP contribution in [0.5, 0.6) is 0 Å². The quantitative estimate of drug-likeness (QED) is 0.789. The molecule has 4 nitrogen and oxygen atoms in total. The lowest BCUT2D eigenvalue weighted by atomic mass is 9.97. The van der Waals surface area contributed by atoms with Crippen molar-refractivity contribution in [2.45, 2.75) is 63.6 Å². The van der Waals surface area contributed by atoms with Crippen LogP contribution >= 0.6 is 0 Å². The summed E-state index contributed by atoms with van der Waals surface area (Å²) < 4.78 is 0. The molecule has 1 amide bonds. The maximum Gasteiger partial charge on any atom is 0.222 e. The van der Waals surface area contributed by atoms with Gasteiger partial charge in [-0.3, -0.25) is 4.79 Å². The van der Waals surface area contributed by atoms with Crippen LogP contribution in [0.2, 0.25) is 0 Å². The standard InChI is InChI=1S/C14H27N3O/c1-11(9-12-5-3-4-8-15-12)16-13-6-7-14(18)17(2)10-13/h11-13,15-16H,3-10H2,1-2H3. The van der Waals surface area contributed by atoms with Crippen LogP contribution in [0.3, 0.4) is 0 Å². The molecule has 2 aliphatic rings. The number of carbonyl (C=O) groups is 1. The van der Waals surface area contributed by atoms with E-state index in [0.717, 1.165) is 13.0 Å². The summed E-state index contributed by atoms with van der Waals surface area (Å²) in [7, 11) is 1.91. The Kier molecular flexibility index (Phi) is 5.01. The highest BCUT2D eigenvalue weighted by Gasteiger charge is 2.24. The average molecular weight is 253 g/mol. The number of amides is 1. The second-order valence-electron chi connectivity index (χ2n) is 5.96. The van der Waals surface area contributed by atoms with Crippen LogP contribution in [0.25, 0.3) is 0 Å². The molecule has 2 saturated heterocycles. The molecule has 0 radical (unpaired) electrons. The molecule has 0 saturated carbocycles. The minimum atomic E-state index is 0.287. The van der Waals surface area contributed by atoms with Gasteiger partial charge in [0.25, 0.3) is 0 Å². The van der Waals surface area contributed by atoms with Gasteiger partial charge in [0.05, 0.1) is 0 Å². The predicted octanol–water partition coefficient (Wildman–Crippen LogP) is 1.12. The number of likely N-dealkylation sites (N-methyl/N-ethyl adjacent to an activating group) is 1. The van der Waals surface area contributed by atoms with Crippen molar-refractivity contribution < 1.29 is 4.79 Å². The highest BCUT2D eigenvalue weighted by Crippen LogP contribution is 2.14. The molecule has 0 aromatic carbocycles. The molecule has 0 spiro atoms. The Morgan fingerprint density at radius 1 is 1.44 bits per heavy atom. The van der Waals surface area contributed by atoms with Crippen molar-refractivity contribution in [2.24, 2.45) is 0 Å². The van der Waals surface area contributed by atoms with E-state index in [1.54, 1.807) is 0 Å². The molecule has 3 atom stereocenters. The molecule has 4 heteroatoms. The van der Waals surface area contributed by atoms with Gasteiger partial charge in [-0.2, -0.15) is 0 Å². The SMILES string of the molecule is CC(CC1CCCCN1)NC1CCC(=O)N(C)C1. The van der Waals surface area contributed by atoms with E-state index in [9.17, 15) is 4.79 Å². The van der Waals surface area contributed by atoms with Crippen LogP contribution in [-0.2, 0) is 4.79 Å². The monoisotopic (exact) mass is 253 g/mol. The van der Waals surface area contributed by atoms with Gasteiger partial charge in [0, 0.05) is 38.1 Å². The van der Waals surface area contributed by atoms with E-state index >= 15 is 0 Å². The molecule has 2 fully saturated rings. The first-order valence-corrected chi connectivity index (χ1v) is 7.38. The first-order chi connectivity index (χ1) is 8.65. The minimum Gasteiger partial charge on any atom is -0.344 e. The highest BCUT2D eigenvalue weighted by atomic mass is 16.2. The molecule has 104 valence electrons. The fraction of sp³-hybridized carbons (Fsp3) is 0.929. The Morgan fingerprint density at radius 3 is 2.94 bits per heavy atom. The molecule has 2 heterocycles. The summed E-state index contributed by atoms with van der Waals surface area (Å²) >= 11 is 0. The lowest BCUT2D eigenvalue weighted by Crippen LogP contribution is -2.50. The van der Waals surface area contributed by atoms with Crippen molar-refractivity contribution in [3.8, 4) is 0 Å². The van der Waals surface area contributed by atoms with Crippen LogP contribution in [0, 0.1) is 0 Å². The molecular formula is C14H27N3O. The first kappa shape index (κ1) is 13.8. The summed E-state index contributed by atoms with van der Waals surface area (Å²) in [5, 5.41) is 7.28. The van der Waals surface area contributed by atoms with E-state index in [-0.39, 0.29) is 5.91 Å². The third-order valence-corrected chi connectivity index (χ3v) is 4.20. The topological polar surface area (TPSA) is 44.4 Å². The largest absolute Gasteiger partial charge is 0.344 e. The zero-order valence-corrected chi connectivity index (χ0v) is 11.7. The predicted molar refractivity (Wildman–Crippen MR) is 73.5 cm³/mol. The number of piperidine rings is 2. The third kappa shape index (κ3) is 3.95. The summed E-state index contributed by atoms with van der Waals surface area (Å²) in [6.07, 6.45) is 6.90. The molecule has 0 aromatic rings. The van der Waals surface area contributed by atoms with Crippen molar-refractivity contribution >= 4 is 5.91 Å². The molecule has 0 aliphatic carbocycles. The van der Waals surface area contributed by atoms with E-state index in [1.165, 1.54) is 32.2 Å².